The molecule has 0 aliphatic carbocycles. The van der Waals surface area contributed by atoms with Gasteiger partial charge in [-0.2, -0.15) is 0 Å². The first-order valence-electron chi connectivity index (χ1n) is 22.2. The molecule has 4 aromatic heterocycles. The number of benzene rings is 8. The third-order valence-corrected chi connectivity index (χ3v) is 12.5. The second-order valence-electron chi connectivity index (χ2n) is 17.7. The van der Waals surface area contributed by atoms with Gasteiger partial charge in [0.15, 0.2) is 17.5 Å². The molecule has 323 valence electrons. The van der Waals surface area contributed by atoms with E-state index in [1.165, 1.54) is 11.1 Å². The van der Waals surface area contributed by atoms with Crippen LogP contribution in [-0.2, 0) is 25.5 Å². The van der Waals surface area contributed by atoms with Crippen molar-refractivity contribution >= 4 is 43.9 Å². The summed E-state index contributed by atoms with van der Waals surface area (Å²) >= 11 is 0. The summed E-state index contributed by atoms with van der Waals surface area (Å²) in [6.07, 6.45) is 1.84. The molecular weight excluding hydrogens is 1000 g/mol. The average Bonchev–Trinajstić information content (AvgIpc) is 3.95. The standard InChI is InChI=1S/C60H41N4O2.Ir/c1-60(2,3)41-31-27-38(28-32-41)51-35-39(29-33-44(51)43-18-8-7-17-42(43)37-15-5-4-6-16-37)52-34-30-40(36-61-52)57-62-58(49-23-13-21-47-45-19-9-11-25-53(45)65-55(47)49)64-59(63-57)50-24-14-22-48-46-20-10-12-26-54(46)66-56(48)50;/h4-28,30-36H,1-3H3;/q-1;. The molecule has 0 aliphatic heterocycles. The Labute approximate surface area is 401 Å². The maximum absolute atomic E-state index is 6.50. The van der Waals surface area contributed by atoms with Gasteiger partial charge in [0, 0.05) is 53.4 Å². The van der Waals surface area contributed by atoms with Crippen LogP contribution in [0.25, 0.3) is 123 Å². The van der Waals surface area contributed by atoms with Gasteiger partial charge in [-0.3, -0.25) is 0 Å². The Bertz CT molecular complexity index is 3660. The third-order valence-electron chi connectivity index (χ3n) is 12.5. The van der Waals surface area contributed by atoms with Crippen LogP contribution >= 0.6 is 0 Å². The SMILES string of the molecule is CC(C)(C)c1ccc(-c2cc(-c3ccc(-c4nc(-c5cccc6c5oc5ccccc56)nc(-c5cccc6c5oc5ccccc56)n4)cn3)[c-]cc2-c2ccccc2-c2ccccc2)cc1.[Ir]. The van der Waals surface area contributed by atoms with Gasteiger partial charge in [-0.1, -0.05) is 189 Å². The second-order valence-corrected chi connectivity index (χ2v) is 17.7. The number of para-hydroxylation sites is 4. The fourth-order valence-corrected chi connectivity index (χ4v) is 9.12. The Kier molecular flexibility index (Phi) is 10.5. The van der Waals surface area contributed by atoms with Crippen molar-refractivity contribution in [1.29, 1.82) is 0 Å². The van der Waals surface area contributed by atoms with Gasteiger partial charge in [0.1, 0.15) is 22.3 Å². The predicted molar refractivity (Wildman–Crippen MR) is 268 cm³/mol. The van der Waals surface area contributed by atoms with Crippen LogP contribution in [0.1, 0.15) is 26.3 Å². The molecule has 7 heteroatoms. The number of hydrogen-bond acceptors (Lipinski definition) is 6. The maximum atomic E-state index is 6.50. The van der Waals surface area contributed by atoms with Crippen LogP contribution in [0.5, 0.6) is 0 Å². The molecule has 1 radical (unpaired) electrons. The van der Waals surface area contributed by atoms with Crippen LogP contribution in [0.15, 0.2) is 203 Å². The molecule has 12 rings (SSSR count). The first-order chi connectivity index (χ1) is 32.3. The molecule has 0 amide bonds. The van der Waals surface area contributed by atoms with Crippen molar-refractivity contribution in [2.24, 2.45) is 0 Å². The zero-order chi connectivity index (χ0) is 44.4. The van der Waals surface area contributed by atoms with Gasteiger partial charge < -0.3 is 13.8 Å². The molecule has 0 saturated carbocycles. The van der Waals surface area contributed by atoms with Crippen molar-refractivity contribution in [2.45, 2.75) is 26.2 Å². The summed E-state index contributed by atoms with van der Waals surface area (Å²) in [6, 6.07) is 68.4. The van der Waals surface area contributed by atoms with E-state index in [0.29, 0.717) is 28.6 Å². The largest absolute Gasteiger partial charge is 0.455 e. The number of pyridine rings is 1. The first kappa shape index (κ1) is 41.8. The fourth-order valence-electron chi connectivity index (χ4n) is 9.12. The maximum Gasteiger partial charge on any atom is 0.167 e. The van der Waals surface area contributed by atoms with Crippen molar-refractivity contribution in [3.8, 4) is 78.8 Å². The summed E-state index contributed by atoms with van der Waals surface area (Å²) in [5.74, 6) is 1.45. The van der Waals surface area contributed by atoms with E-state index >= 15 is 0 Å². The molecule has 0 fully saturated rings. The van der Waals surface area contributed by atoms with Gasteiger partial charge in [-0.05, 0) is 57.6 Å². The monoisotopic (exact) mass is 1040 g/mol. The van der Waals surface area contributed by atoms with Gasteiger partial charge in [0.2, 0.25) is 0 Å². The summed E-state index contributed by atoms with van der Waals surface area (Å²) in [6.45, 7) is 6.74. The van der Waals surface area contributed by atoms with Gasteiger partial charge in [-0.25, -0.2) is 15.0 Å². The van der Waals surface area contributed by atoms with Gasteiger partial charge in [0.25, 0.3) is 0 Å². The summed E-state index contributed by atoms with van der Waals surface area (Å²) in [5.41, 5.74) is 15.1. The van der Waals surface area contributed by atoms with Crippen LogP contribution in [0, 0.1) is 6.07 Å². The average molecular weight is 1040 g/mol. The molecule has 0 spiro atoms. The Morgan fingerprint density at radius 2 is 0.925 bits per heavy atom. The Hall–Kier alpha value is -7.83. The molecule has 0 N–H and O–H groups in total. The number of fused-ring (bicyclic) bond motifs is 6. The molecule has 0 atom stereocenters. The number of furan rings is 2. The fraction of sp³-hybridized carbons (Fsp3) is 0.0667. The van der Waals surface area contributed by atoms with Crippen LogP contribution in [0.3, 0.4) is 0 Å². The number of nitrogens with zero attached hydrogens (tertiary/aromatic N) is 4. The molecule has 4 heterocycles. The molecule has 12 aromatic rings. The van der Waals surface area contributed by atoms with Crippen LogP contribution in [0.4, 0.5) is 0 Å². The molecule has 0 aliphatic rings. The van der Waals surface area contributed by atoms with Gasteiger partial charge >= 0.3 is 0 Å². The summed E-state index contributed by atoms with van der Waals surface area (Å²) in [5, 5.41) is 4.05. The number of rotatable bonds is 7. The van der Waals surface area contributed by atoms with Crippen molar-refractivity contribution in [2.75, 3.05) is 0 Å². The molecule has 8 aromatic carbocycles. The Morgan fingerprint density at radius 3 is 1.52 bits per heavy atom. The smallest absolute Gasteiger partial charge is 0.167 e. The van der Waals surface area contributed by atoms with Gasteiger partial charge in [-0.15, -0.1) is 23.8 Å². The van der Waals surface area contributed by atoms with Crippen molar-refractivity contribution < 1.29 is 28.9 Å². The molecular formula is C60H41IrN4O2-. The van der Waals surface area contributed by atoms with E-state index in [9.17, 15) is 0 Å². The zero-order valence-electron chi connectivity index (χ0n) is 36.9. The zero-order valence-corrected chi connectivity index (χ0v) is 39.3. The molecule has 6 nitrogen and oxygen atoms in total. The van der Waals surface area contributed by atoms with E-state index in [-0.39, 0.29) is 25.5 Å². The second kappa shape index (κ2) is 16.9. The Balaban J connectivity index is 0.00000494. The quantitative estimate of drug-likeness (QED) is 0.148. The third kappa shape index (κ3) is 7.52. The molecule has 0 unspecified atom stereocenters. The van der Waals surface area contributed by atoms with Crippen molar-refractivity contribution in [3.63, 3.8) is 0 Å². The summed E-state index contributed by atoms with van der Waals surface area (Å²) in [4.78, 5) is 20.5. The summed E-state index contributed by atoms with van der Waals surface area (Å²) in [7, 11) is 0. The van der Waals surface area contributed by atoms with E-state index < -0.39 is 0 Å². The van der Waals surface area contributed by atoms with Crippen LogP contribution in [0.2, 0.25) is 0 Å². The summed E-state index contributed by atoms with van der Waals surface area (Å²) < 4.78 is 13.0. The van der Waals surface area contributed by atoms with Crippen LogP contribution in [-0.4, -0.2) is 19.9 Å². The minimum absolute atomic E-state index is 0. The van der Waals surface area contributed by atoms with E-state index in [1.54, 1.807) is 0 Å². The minimum Gasteiger partial charge on any atom is -0.455 e. The van der Waals surface area contributed by atoms with E-state index in [0.717, 1.165) is 88.5 Å². The molecule has 0 saturated heterocycles. The van der Waals surface area contributed by atoms with Crippen molar-refractivity contribution in [1.82, 2.24) is 19.9 Å². The number of aromatic nitrogens is 4. The van der Waals surface area contributed by atoms with E-state index in [2.05, 4.69) is 142 Å². The van der Waals surface area contributed by atoms with Crippen LogP contribution < -0.4 is 0 Å². The number of hydrogen-bond donors (Lipinski definition) is 0. The van der Waals surface area contributed by atoms with Crippen molar-refractivity contribution in [3.05, 3.63) is 206 Å². The molecule has 0 bridgehead atoms. The van der Waals surface area contributed by atoms with E-state index in [4.69, 9.17) is 28.8 Å². The normalized spacial score (nSPS) is 11.7. The van der Waals surface area contributed by atoms with E-state index in [1.807, 2.05) is 79.0 Å². The van der Waals surface area contributed by atoms with Gasteiger partial charge in [0.05, 0.1) is 11.1 Å². The predicted octanol–water partition coefficient (Wildman–Crippen LogP) is 15.8. The Morgan fingerprint density at radius 1 is 0.418 bits per heavy atom. The first-order valence-corrected chi connectivity index (χ1v) is 22.2. The topological polar surface area (TPSA) is 77.8 Å². The minimum atomic E-state index is 0. The molecule has 67 heavy (non-hydrogen) atoms.